The molecule has 3 aromatic heterocycles. The fourth-order valence-corrected chi connectivity index (χ4v) is 4.68. The van der Waals surface area contributed by atoms with E-state index in [-0.39, 0.29) is 11.9 Å². The van der Waals surface area contributed by atoms with Gasteiger partial charge in [-0.1, -0.05) is 13.3 Å². The molecular formula is C20H27N7O2. The number of aromatic nitrogens is 5. The number of rotatable bonds is 4. The number of H-pyrrole nitrogens is 1. The highest BCUT2D eigenvalue weighted by molar-refractivity contribution is 5.75. The standard InChI is InChI=1S/C20H27N7O2/c1-2-14-11-26(20(28)23-9-13-4-7-29-8-5-13)12-15(14)19-25-24-17-10-22-18-16(27(17)19)3-6-21-18/h3,6,10,13-15,21H,2,4-5,7-9,11-12H2,1H3,(H,23,28)/t14-,15+/m1/s1. The van der Waals surface area contributed by atoms with Crippen LogP contribution in [0.3, 0.4) is 0 Å². The molecule has 2 saturated heterocycles. The molecule has 2 aliphatic heterocycles. The van der Waals surface area contributed by atoms with Crippen molar-refractivity contribution in [2.75, 3.05) is 32.8 Å². The van der Waals surface area contributed by atoms with Gasteiger partial charge in [0, 0.05) is 45.0 Å². The normalized spacial score (nSPS) is 23.3. The minimum atomic E-state index is 0.0275. The monoisotopic (exact) mass is 397 g/mol. The Balaban J connectivity index is 1.35. The van der Waals surface area contributed by atoms with Crippen LogP contribution in [0.4, 0.5) is 4.79 Å². The van der Waals surface area contributed by atoms with Crippen molar-refractivity contribution in [3.05, 3.63) is 24.3 Å². The Labute approximate surface area is 168 Å². The Morgan fingerprint density at radius 1 is 1.31 bits per heavy atom. The number of amides is 2. The highest BCUT2D eigenvalue weighted by Gasteiger charge is 2.38. The van der Waals surface area contributed by atoms with Crippen LogP contribution in [0, 0.1) is 11.8 Å². The molecule has 0 aliphatic carbocycles. The molecule has 0 saturated carbocycles. The van der Waals surface area contributed by atoms with E-state index in [1.807, 2.05) is 17.2 Å². The van der Waals surface area contributed by atoms with Gasteiger partial charge in [-0.3, -0.25) is 4.40 Å². The summed E-state index contributed by atoms with van der Waals surface area (Å²) in [5.74, 6) is 1.95. The number of carbonyl (C=O) groups excluding carboxylic acids is 1. The summed E-state index contributed by atoms with van der Waals surface area (Å²) in [6, 6.07) is 2.02. The number of carbonyl (C=O) groups is 1. The van der Waals surface area contributed by atoms with E-state index in [0.29, 0.717) is 18.4 Å². The van der Waals surface area contributed by atoms with E-state index in [1.54, 1.807) is 6.20 Å². The van der Waals surface area contributed by atoms with Crippen molar-refractivity contribution in [1.82, 2.24) is 34.8 Å². The lowest BCUT2D eigenvalue weighted by molar-refractivity contribution is 0.0665. The highest BCUT2D eigenvalue weighted by atomic mass is 16.5. The van der Waals surface area contributed by atoms with Crippen LogP contribution in [0.5, 0.6) is 0 Å². The van der Waals surface area contributed by atoms with E-state index in [0.717, 1.165) is 68.2 Å². The van der Waals surface area contributed by atoms with Gasteiger partial charge in [-0.15, -0.1) is 10.2 Å². The smallest absolute Gasteiger partial charge is 0.317 e. The molecular weight excluding hydrogens is 370 g/mol. The predicted molar refractivity (Wildman–Crippen MR) is 108 cm³/mol. The fraction of sp³-hybridized carbons (Fsp3) is 0.600. The van der Waals surface area contributed by atoms with E-state index in [9.17, 15) is 4.79 Å². The van der Waals surface area contributed by atoms with Crippen LogP contribution >= 0.6 is 0 Å². The first-order valence-electron chi connectivity index (χ1n) is 10.5. The second-order valence-electron chi connectivity index (χ2n) is 8.14. The van der Waals surface area contributed by atoms with E-state index in [2.05, 4.69) is 36.8 Å². The van der Waals surface area contributed by atoms with Gasteiger partial charge < -0.3 is 19.9 Å². The van der Waals surface area contributed by atoms with Crippen LogP contribution in [-0.4, -0.2) is 68.3 Å². The molecule has 0 bridgehead atoms. The van der Waals surface area contributed by atoms with E-state index < -0.39 is 0 Å². The molecule has 2 aliphatic rings. The zero-order valence-electron chi connectivity index (χ0n) is 16.7. The second kappa shape index (κ2) is 7.62. The Morgan fingerprint density at radius 3 is 3.00 bits per heavy atom. The third-order valence-electron chi connectivity index (χ3n) is 6.43. The number of urea groups is 1. The van der Waals surface area contributed by atoms with Gasteiger partial charge in [-0.25, -0.2) is 9.78 Å². The summed E-state index contributed by atoms with van der Waals surface area (Å²) >= 11 is 0. The first kappa shape index (κ1) is 18.4. The molecule has 2 amide bonds. The minimum Gasteiger partial charge on any atom is -0.381 e. The maximum absolute atomic E-state index is 12.8. The summed E-state index contributed by atoms with van der Waals surface area (Å²) in [6.07, 6.45) is 6.65. The molecule has 9 nitrogen and oxygen atoms in total. The van der Waals surface area contributed by atoms with Crippen molar-refractivity contribution < 1.29 is 9.53 Å². The summed E-state index contributed by atoms with van der Waals surface area (Å²) in [5, 5.41) is 12.0. The first-order valence-corrected chi connectivity index (χ1v) is 10.5. The van der Waals surface area contributed by atoms with Gasteiger partial charge in [0.2, 0.25) is 0 Å². The van der Waals surface area contributed by atoms with Gasteiger partial charge in [0.15, 0.2) is 11.3 Å². The minimum absolute atomic E-state index is 0.0275. The van der Waals surface area contributed by atoms with Crippen LogP contribution in [0.2, 0.25) is 0 Å². The molecule has 5 rings (SSSR count). The zero-order valence-corrected chi connectivity index (χ0v) is 16.7. The lowest BCUT2D eigenvalue weighted by Gasteiger charge is -2.24. The second-order valence-corrected chi connectivity index (χ2v) is 8.14. The van der Waals surface area contributed by atoms with Gasteiger partial charge in [0.1, 0.15) is 5.82 Å². The molecule has 0 unspecified atom stereocenters. The van der Waals surface area contributed by atoms with Gasteiger partial charge in [-0.05, 0) is 30.7 Å². The van der Waals surface area contributed by atoms with E-state index in [4.69, 9.17) is 4.74 Å². The molecule has 0 aromatic carbocycles. The summed E-state index contributed by atoms with van der Waals surface area (Å²) < 4.78 is 7.48. The molecule has 2 N–H and O–H groups in total. The van der Waals surface area contributed by atoms with Crippen LogP contribution in [0.25, 0.3) is 16.8 Å². The van der Waals surface area contributed by atoms with Gasteiger partial charge >= 0.3 is 6.03 Å². The Hall–Kier alpha value is -2.68. The average Bonchev–Trinajstić information content (AvgIpc) is 3.48. The lowest BCUT2D eigenvalue weighted by atomic mass is 9.93. The fourth-order valence-electron chi connectivity index (χ4n) is 4.68. The summed E-state index contributed by atoms with van der Waals surface area (Å²) in [7, 11) is 0. The largest absolute Gasteiger partial charge is 0.381 e. The van der Waals surface area contributed by atoms with Crippen molar-refractivity contribution in [1.29, 1.82) is 0 Å². The molecule has 3 aromatic rings. The zero-order chi connectivity index (χ0) is 19.8. The van der Waals surface area contributed by atoms with Crippen LogP contribution in [0.15, 0.2) is 18.5 Å². The number of hydrogen-bond donors (Lipinski definition) is 2. The molecule has 2 fully saturated rings. The highest BCUT2D eigenvalue weighted by Crippen LogP contribution is 2.34. The molecule has 9 heteroatoms. The number of nitrogens with zero attached hydrogens (tertiary/aromatic N) is 5. The Morgan fingerprint density at radius 2 is 2.17 bits per heavy atom. The van der Waals surface area contributed by atoms with Gasteiger partial charge in [0.25, 0.3) is 0 Å². The van der Waals surface area contributed by atoms with Crippen molar-refractivity contribution in [3.8, 4) is 0 Å². The topological polar surface area (TPSA) is 100 Å². The maximum Gasteiger partial charge on any atom is 0.317 e. The quantitative estimate of drug-likeness (QED) is 0.703. The average molecular weight is 397 g/mol. The maximum atomic E-state index is 12.8. The van der Waals surface area contributed by atoms with Crippen molar-refractivity contribution in [2.24, 2.45) is 11.8 Å². The number of likely N-dealkylation sites (tertiary alicyclic amines) is 1. The van der Waals surface area contributed by atoms with Crippen LogP contribution in [-0.2, 0) is 4.74 Å². The molecule has 0 spiro atoms. The van der Waals surface area contributed by atoms with Gasteiger partial charge in [0.05, 0.1) is 11.7 Å². The molecule has 154 valence electrons. The van der Waals surface area contributed by atoms with E-state index >= 15 is 0 Å². The Bertz CT molecular complexity index is 1010. The predicted octanol–water partition coefficient (Wildman–Crippen LogP) is 2.17. The lowest BCUT2D eigenvalue weighted by Crippen LogP contribution is -2.41. The van der Waals surface area contributed by atoms with Crippen molar-refractivity contribution in [2.45, 2.75) is 32.1 Å². The van der Waals surface area contributed by atoms with Crippen molar-refractivity contribution >= 4 is 22.8 Å². The Kier molecular flexibility index (Phi) is 4.83. The molecule has 5 heterocycles. The number of ether oxygens (including phenoxy) is 1. The SMILES string of the molecule is CC[C@@H]1CN(C(=O)NCC2CCOCC2)C[C@@H]1c1nnc2cnc3[nH]ccc3n12. The first-order chi connectivity index (χ1) is 14.2. The number of aromatic amines is 1. The molecule has 0 radical (unpaired) electrons. The number of hydrogen-bond acceptors (Lipinski definition) is 5. The third-order valence-corrected chi connectivity index (χ3v) is 6.43. The number of nitrogens with one attached hydrogen (secondary N) is 2. The molecule has 2 atom stereocenters. The molecule has 29 heavy (non-hydrogen) atoms. The van der Waals surface area contributed by atoms with Crippen molar-refractivity contribution in [3.63, 3.8) is 0 Å². The summed E-state index contributed by atoms with van der Waals surface area (Å²) in [4.78, 5) is 22.3. The summed E-state index contributed by atoms with van der Waals surface area (Å²) in [5.41, 5.74) is 2.53. The van der Waals surface area contributed by atoms with Crippen LogP contribution in [0.1, 0.15) is 37.9 Å². The summed E-state index contributed by atoms with van der Waals surface area (Å²) in [6.45, 7) is 5.91. The van der Waals surface area contributed by atoms with Crippen LogP contribution < -0.4 is 5.32 Å². The third kappa shape index (κ3) is 3.33. The van der Waals surface area contributed by atoms with Gasteiger partial charge in [-0.2, -0.15) is 0 Å². The van der Waals surface area contributed by atoms with E-state index in [1.165, 1.54) is 0 Å². The number of fused-ring (bicyclic) bond motifs is 3.